The molecular formula is C37H21N3S. The van der Waals surface area contributed by atoms with E-state index in [0.717, 1.165) is 16.7 Å². The Morgan fingerprint density at radius 2 is 1.12 bits per heavy atom. The van der Waals surface area contributed by atoms with Crippen LogP contribution >= 0.6 is 11.3 Å². The van der Waals surface area contributed by atoms with Gasteiger partial charge in [-0.1, -0.05) is 97.1 Å². The number of hydrogen-bond acceptors (Lipinski definition) is 2. The van der Waals surface area contributed by atoms with Crippen molar-refractivity contribution in [3.63, 3.8) is 0 Å². The predicted octanol–water partition coefficient (Wildman–Crippen LogP) is 10.3. The van der Waals surface area contributed by atoms with Gasteiger partial charge in [0.05, 0.1) is 38.0 Å². The van der Waals surface area contributed by atoms with E-state index in [1.165, 1.54) is 69.3 Å². The van der Waals surface area contributed by atoms with Crippen LogP contribution in [0.5, 0.6) is 0 Å². The summed E-state index contributed by atoms with van der Waals surface area (Å²) in [5.74, 6) is 0. The van der Waals surface area contributed by atoms with Crippen molar-refractivity contribution >= 4 is 91.7 Å². The third kappa shape index (κ3) is 2.70. The van der Waals surface area contributed by atoms with Gasteiger partial charge >= 0.3 is 0 Å². The van der Waals surface area contributed by atoms with E-state index in [4.69, 9.17) is 4.98 Å². The second-order valence-corrected chi connectivity index (χ2v) is 11.8. The molecule has 0 aliphatic carbocycles. The highest BCUT2D eigenvalue weighted by atomic mass is 32.1. The van der Waals surface area contributed by atoms with Crippen LogP contribution in [0.1, 0.15) is 0 Å². The summed E-state index contributed by atoms with van der Waals surface area (Å²) in [7, 11) is 0. The lowest BCUT2D eigenvalue weighted by atomic mass is 10.0. The first kappa shape index (κ1) is 21.6. The summed E-state index contributed by atoms with van der Waals surface area (Å²) >= 11 is 1.88. The quantitative estimate of drug-likeness (QED) is 0.190. The molecule has 0 spiro atoms. The van der Waals surface area contributed by atoms with Crippen molar-refractivity contribution in [3.05, 3.63) is 127 Å². The molecule has 0 unspecified atom stereocenters. The molecule has 41 heavy (non-hydrogen) atoms. The van der Waals surface area contributed by atoms with Crippen LogP contribution in [-0.4, -0.2) is 14.0 Å². The molecule has 10 rings (SSSR count). The zero-order chi connectivity index (χ0) is 26.7. The minimum absolute atomic E-state index is 0.999. The zero-order valence-electron chi connectivity index (χ0n) is 21.9. The number of pyridine rings is 1. The maximum absolute atomic E-state index is 5.19. The summed E-state index contributed by atoms with van der Waals surface area (Å²) in [6, 6.07) is 46.2. The molecule has 4 heterocycles. The Morgan fingerprint density at radius 3 is 2.00 bits per heavy atom. The fraction of sp³-hybridized carbons (Fsp3) is 0. The highest BCUT2D eigenvalue weighted by Gasteiger charge is 2.22. The first-order valence-corrected chi connectivity index (χ1v) is 14.7. The van der Waals surface area contributed by atoms with Crippen LogP contribution in [-0.2, 0) is 0 Å². The predicted molar refractivity (Wildman–Crippen MR) is 175 cm³/mol. The van der Waals surface area contributed by atoms with E-state index in [1.54, 1.807) is 0 Å². The number of thiophene rings is 1. The van der Waals surface area contributed by atoms with Crippen molar-refractivity contribution in [1.29, 1.82) is 0 Å². The summed E-state index contributed by atoms with van der Waals surface area (Å²) in [4.78, 5) is 5.19. The largest absolute Gasteiger partial charge is 0.306 e. The first-order chi connectivity index (χ1) is 20.4. The summed E-state index contributed by atoms with van der Waals surface area (Å²) in [6.07, 6.45) is 0. The maximum Gasteiger partial charge on any atom is 0.146 e. The van der Waals surface area contributed by atoms with Crippen molar-refractivity contribution in [2.75, 3.05) is 0 Å². The summed E-state index contributed by atoms with van der Waals surface area (Å²) < 4.78 is 7.53. The number of imidazole rings is 1. The maximum atomic E-state index is 5.19. The van der Waals surface area contributed by atoms with E-state index >= 15 is 0 Å². The van der Waals surface area contributed by atoms with E-state index < -0.39 is 0 Å². The molecule has 0 N–H and O–H groups in total. The number of nitrogens with zero attached hydrogens (tertiary/aromatic N) is 3. The van der Waals surface area contributed by atoms with Crippen LogP contribution in [0.15, 0.2) is 127 Å². The van der Waals surface area contributed by atoms with E-state index in [9.17, 15) is 0 Å². The Kier molecular flexibility index (Phi) is 4.07. The lowest BCUT2D eigenvalue weighted by Gasteiger charge is -2.14. The van der Waals surface area contributed by atoms with E-state index in [-0.39, 0.29) is 0 Å². The third-order valence-corrected chi connectivity index (χ3v) is 9.89. The van der Waals surface area contributed by atoms with Gasteiger partial charge in [0.2, 0.25) is 0 Å². The van der Waals surface area contributed by atoms with E-state index in [2.05, 4.69) is 136 Å². The van der Waals surface area contributed by atoms with Gasteiger partial charge in [-0.3, -0.25) is 4.40 Å². The summed E-state index contributed by atoms with van der Waals surface area (Å²) in [5, 5.41) is 8.76. The number of rotatable bonds is 1. The Labute approximate surface area is 238 Å². The summed E-state index contributed by atoms with van der Waals surface area (Å²) in [6.45, 7) is 0. The number of aromatic nitrogens is 3. The van der Waals surface area contributed by atoms with Gasteiger partial charge in [0, 0.05) is 37.0 Å². The monoisotopic (exact) mass is 539 g/mol. The van der Waals surface area contributed by atoms with E-state index in [1.807, 2.05) is 11.3 Å². The second-order valence-electron chi connectivity index (χ2n) is 10.8. The topological polar surface area (TPSA) is 22.2 Å². The molecule has 0 saturated carbocycles. The lowest BCUT2D eigenvalue weighted by Crippen LogP contribution is -1.98. The molecule has 0 radical (unpaired) electrons. The van der Waals surface area contributed by atoms with Gasteiger partial charge in [0.1, 0.15) is 5.65 Å². The van der Waals surface area contributed by atoms with Gasteiger partial charge < -0.3 is 4.57 Å². The molecule has 3 nitrogen and oxygen atoms in total. The van der Waals surface area contributed by atoms with Crippen molar-refractivity contribution in [1.82, 2.24) is 14.0 Å². The molecule has 0 amide bonds. The van der Waals surface area contributed by atoms with Gasteiger partial charge in [-0.15, -0.1) is 11.3 Å². The van der Waals surface area contributed by atoms with Gasteiger partial charge in [0.25, 0.3) is 0 Å². The minimum Gasteiger partial charge on any atom is -0.306 e. The van der Waals surface area contributed by atoms with E-state index in [0.29, 0.717) is 0 Å². The Morgan fingerprint density at radius 1 is 0.463 bits per heavy atom. The molecule has 0 bridgehead atoms. The molecule has 0 fully saturated rings. The SMILES string of the molecule is c1ccc2c(c1)nc1c3ccccc3c3ccc4c5ccccc5n(-c5cccc6c5sc5ccccc56)c4c3n21. The van der Waals surface area contributed by atoms with Crippen LogP contribution in [0.3, 0.4) is 0 Å². The van der Waals surface area contributed by atoms with Crippen LogP contribution in [0.4, 0.5) is 0 Å². The highest BCUT2D eigenvalue weighted by Crippen LogP contribution is 2.44. The van der Waals surface area contributed by atoms with Crippen molar-refractivity contribution in [2.45, 2.75) is 0 Å². The van der Waals surface area contributed by atoms with Gasteiger partial charge in [-0.05, 0) is 35.7 Å². The molecule has 6 aromatic carbocycles. The van der Waals surface area contributed by atoms with Gasteiger partial charge in [0.15, 0.2) is 0 Å². The Bertz CT molecular complexity index is 2700. The normalized spacial score (nSPS) is 12.4. The van der Waals surface area contributed by atoms with Crippen molar-refractivity contribution < 1.29 is 0 Å². The summed E-state index contributed by atoms with van der Waals surface area (Å²) in [5.41, 5.74) is 7.98. The van der Waals surface area contributed by atoms with Gasteiger partial charge in [-0.25, -0.2) is 4.98 Å². The molecular weight excluding hydrogens is 518 g/mol. The zero-order valence-corrected chi connectivity index (χ0v) is 22.7. The fourth-order valence-corrected chi connectivity index (χ4v) is 8.19. The number of hydrogen-bond donors (Lipinski definition) is 0. The van der Waals surface area contributed by atoms with Crippen molar-refractivity contribution in [3.8, 4) is 5.69 Å². The molecule has 4 aromatic heterocycles. The van der Waals surface area contributed by atoms with Crippen molar-refractivity contribution in [2.24, 2.45) is 0 Å². The minimum atomic E-state index is 0.999. The first-order valence-electron chi connectivity index (χ1n) is 13.9. The van der Waals surface area contributed by atoms with Crippen LogP contribution in [0.2, 0.25) is 0 Å². The second kappa shape index (κ2) is 7.72. The third-order valence-electron chi connectivity index (χ3n) is 8.68. The molecule has 0 aliphatic heterocycles. The number of benzene rings is 6. The number of para-hydroxylation sites is 3. The molecule has 0 saturated heterocycles. The Balaban J connectivity index is 1.53. The van der Waals surface area contributed by atoms with Gasteiger partial charge in [-0.2, -0.15) is 0 Å². The lowest BCUT2D eigenvalue weighted by molar-refractivity contribution is 1.20. The van der Waals surface area contributed by atoms with Crippen LogP contribution in [0, 0.1) is 0 Å². The Hall–Kier alpha value is -5.19. The average Bonchev–Trinajstić information content (AvgIpc) is 3.71. The molecule has 0 atom stereocenters. The van der Waals surface area contributed by atoms with Crippen LogP contribution in [0.25, 0.3) is 86.0 Å². The number of fused-ring (bicyclic) bond motifs is 15. The highest BCUT2D eigenvalue weighted by molar-refractivity contribution is 7.26. The average molecular weight is 540 g/mol. The standard InChI is InChI=1S/C37H21N3S/c1-2-13-28-22(10-1)25-20-21-26-23-11-3-6-16-30(23)39(32-18-9-14-27-24-12-4-8-19-33(24)41-36(27)32)34(26)35(25)40-31-17-7-5-15-29(31)38-37(28)40/h1-21H. The molecule has 0 aliphatic rings. The molecule has 190 valence electrons. The molecule has 4 heteroatoms. The molecule has 10 aromatic rings. The fourth-order valence-electron chi connectivity index (χ4n) is 6.99. The smallest absolute Gasteiger partial charge is 0.146 e. The van der Waals surface area contributed by atoms with Crippen LogP contribution < -0.4 is 0 Å².